The van der Waals surface area contributed by atoms with Crippen LogP contribution in [-0.4, -0.2) is 28.5 Å². The Morgan fingerprint density at radius 2 is 2.27 bits per heavy atom. The summed E-state index contributed by atoms with van der Waals surface area (Å²) in [4.78, 5) is 0. The topological polar surface area (TPSA) is 58.0 Å². The van der Waals surface area contributed by atoms with Crippen molar-refractivity contribution in [1.29, 1.82) is 0 Å². The number of fused-ring (bicyclic) bond motifs is 1. The molecule has 0 unspecified atom stereocenters. The largest absolute Gasteiger partial charge is 0.395 e. The van der Waals surface area contributed by atoms with Gasteiger partial charge in [0.1, 0.15) is 0 Å². The van der Waals surface area contributed by atoms with Crippen LogP contribution in [0.4, 0.5) is 5.69 Å². The first-order valence-corrected chi connectivity index (χ1v) is 4.95. The minimum atomic E-state index is 0.0738. The van der Waals surface area contributed by atoms with E-state index in [1.54, 1.807) is 12.3 Å². The highest BCUT2D eigenvalue weighted by Crippen LogP contribution is 2.23. The number of aliphatic hydroxyl groups is 1. The molecule has 1 heterocycles. The molecule has 1 aromatic heterocycles. The Kier molecular flexibility index (Phi) is 2.99. The number of anilines is 1. The predicted molar refractivity (Wildman–Crippen MR) is 60.1 cm³/mol. The highest BCUT2D eigenvalue weighted by atomic mass is 35.5. The van der Waals surface area contributed by atoms with Gasteiger partial charge >= 0.3 is 0 Å². The molecule has 0 radical (unpaired) electrons. The van der Waals surface area contributed by atoms with Crippen LogP contribution in [-0.2, 0) is 0 Å². The minimum absolute atomic E-state index is 0.0738. The molecule has 0 saturated heterocycles. The van der Waals surface area contributed by atoms with E-state index in [0.717, 1.165) is 16.6 Å². The van der Waals surface area contributed by atoms with Gasteiger partial charge in [0.05, 0.1) is 24.0 Å². The van der Waals surface area contributed by atoms with Crippen molar-refractivity contribution in [2.24, 2.45) is 0 Å². The van der Waals surface area contributed by atoms with Gasteiger partial charge in [0.25, 0.3) is 0 Å². The molecule has 0 spiro atoms. The van der Waals surface area contributed by atoms with Gasteiger partial charge in [-0.2, -0.15) is 10.2 Å². The Balaban J connectivity index is 2.48. The predicted octanol–water partition coefficient (Wildman–Crippen LogP) is 1.69. The number of hydrogen-bond acceptors (Lipinski definition) is 4. The van der Waals surface area contributed by atoms with Crippen LogP contribution in [0.1, 0.15) is 0 Å². The zero-order chi connectivity index (χ0) is 10.7. The van der Waals surface area contributed by atoms with E-state index >= 15 is 0 Å². The standard InChI is InChI=1S/C10H10ClN3O/c11-7-1-2-9-8(5-7)10(6-13-14-9)12-3-4-15/h1-2,5-6,15H,3-4H2,(H,12,14). The fraction of sp³-hybridized carbons (Fsp3) is 0.200. The number of nitrogens with one attached hydrogen (secondary N) is 1. The quantitative estimate of drug-likeness (QED) is 0.832. The van der Waals surface area contributed by atoms with Crippen molar-refractivity contribution in [2.75, 3.05) is 18.5 Å². The Hall–Kier alpha value is -1.39. The average Bonchev–Trinajstić information content (AvgIpc) is 2.26. The van der Waals surface area contributed by atoms with Crippen molar-refractivity contribution in [2.45, 2.75) is 0 Å². The van der Waals surface area contributed by atoms with Crippen LogP contribution in [0.15, 0.2) is 24.4 Å². The van der Waals surface area contributed by atoms with Crippen molar-refractivity contribution in [3.05, 3.63) is 29.4 Å². The molecule has 5 heteroatoms. The van der Waals surface area contributed by atoms with Gasteiger partial charge in [0, 0.05) is 17.0 Å². The van der Waals surface area contributed by atoms with E-state index < -0.39 is 0 Å². The van der Waals surface area contributed by atoms with Gasteiger partial charge in [-0.3, -0.25) is 0 Å². The Labute approximate surface area is 91.9 Å². The first-order chi connectivity index (χ1) is 7.31. The summed E-state index contributed by atoms with van der Waals surface area (Å²) in [6.07, 6.45) is 1.62. The molecule has 1 aromatic carbocycles. The third kappa shape index (κ3) is 2.16. The van der Waals surface area contributed by atoms with Crippen LogP contribution in [0.5, 0.6) is 0 Å². The Morgan fingerprint density at radius 1 is 1.40 bits per heavy atom. The number of rotatable bonds is 3. The second-order valence-electron chi connectivity index (χ2n) is 3.07. The first-order valence-electron chi connectivity index (χ1n) is 4.57. The van der Waals surface area contributed by atoms with Gasteiger partial charge in [-0.1, -0.05) is 11.6 Å². The van der Waals surface area contributed by atoms with Crippen LogP contribution in [0, 0.1) is 0 Å². The zero-order valence-electron chi connectivity index (χ0n) is 7.94. The molecule has 4 nitrogen and oxygen atoms in total. The molecule has 0 bridgehead atoms. The number of benzene rings is 1. The summed E-state index contributed by atoms with van der Waals surface area (Å²) in [6.45, 7) is 0.553. The lowest BCUT2D eigenvalue weighted by Crippen LogP contribution is -2.06. The monoisotopic (exact) mass is 223 g/mol. The minimum Gasteiger partial charge on any atom is -0.395 e. The summed E-state index contributed by atoms with van der Waals surface area (Å²) in [5.41, 5.74) is 1.61. The van der Waals surface area contributed by atoms with E-state index in [1.165, 1.54) is 0 Å². The van der Waals surface area contributed by atoms with E-state index in [1.807, 2.05) is 12.1 Å². The molecule has 15 heavy (non-hydrogen) atoms. The average molecular weight is 224 g/mol. The van der Waals surface area contributed by atoms with E-state index in [2.05, 4.69) is 15.5 Å². The maximum atomic E-state index is 8.73. The molecule has 2 N–H and O–H groups in total. The summed E-state index contributed by atoms with van der Waals surface area (Å²) < 4.78 is 0. The maximum Gasteiger partial charge on any atom is 0.0951 e. The van der Waals surface area contributed by atoms with Crippen molar-refractivity contribution < 1.29 is 5.11 Å². The smallest absolute Gasteiger partial charge is 0.0951 e. The lowest BCUT2D eigenvalue weighted by atomic mass is 10.2. The van der Waals surface area contributed by atoms with Crippen LogP contribution < -0.4 is 5.32 Å². The van der Waals surface area contributed by atoms with Crippen molar-refractivity contribution >= 4 is 28.2 Å². The van der Waals surface area contributed by atoms with E-state index in [9.17, 15) is 0 Å². The van der Waals surface area contributed by atoms with Crippen molar-refractivity contribution in [1.82, 2.24) is 10.2 Å². The van der Waals surface area contributed by atoms with Crippen LogP contribution in [0.25, 0.3) is 10.9 Å². The van der Waals surface area contributed by atoms with E-state index in [-0.39, 0.29) is 6.61 Å². The molecule has 2 aromatic rings. The van der Waals surface area contributed by atoms with E-state index in [0.29, 0.717) is 11.6 Å². The maximum absolute atomic E-state index is 8.73. The van der Waals surface area contributed by atoms with Gasteiger partial charge in [-0.25, -0.2) is 0 Å². The lowest BCUT2D eigenvalue weighted by Gasteiger charge is -2.06. The van der Waals surface area contributed by atoms with Crippen molar-refractivity contribution in [3.63, 3.8) is 0 Å². The van der Waals surface area contributed by atoms with Crippen molar-refractivity contribution in [3.8, 4) is 0 Å². The summed E-state index contributed by atoms with van der Waals surface area (Å²) in [6, 6.07) is 5.41. The molecule has 2 rings (SSSR count). The fourth-order valence-electron chi connectivity index (χ4n) is 1.36. The molecule has 0 amide bonds. The molecule has 78 valence electrons. The lowest BCUT2D eigenvalue weighted by molar-refractivity contribution is 0.311. The summed E-state index contributed by atoms with van der Waals surface area (Å²) in [5.74, 6) is 0. The summed E-state index contributed by atoms with van der Waals surface area (Å²) in [5, 5.41) is 21.2. The fourth-order valence-corrected chi connectivity index (χ4v) is 1.53. The number of hydrogen-bond donors (Lipinski definition) is 2. The second-order valence-corrected chi connectivity index (χ2v) is 3.51. The zero-order valence-corrected chi connectivity index (χ0v) is 8.70. The summed E-state index contributed by atoms with van der Waals surface area (Å²) in [7, 11) is 0. The van der Waals surface area contributed by atoms with Gasteiger partial charge in [0.2, 0.25) is 0 Å². The number of aromatic nitrogens is 2. The van der Waals surface area contributed by atoms with Gasteiger partial charge in [-0.15, -0.1) is 0 Å². The highest BCUT2D eigenvalue weighted by molar-refractivity contribution is 6.31. The molecular weight excluding hydrogens is 214 g/mol. The normalized spacial score (nSPS) is 10.5. The SMILES string of the molecule is OCCNc1cnnc2ccc(Cl)cc12. The van der Waals surface area contributed by atoms with Crippen LogP contribution >= 0.6 is 11.6 Å². The van der Waals surface area contributed by atoms with Gasteiger partial charge < -0.3 is 10.4 Å². The third-order valence-corrected chi connectivity index (χ3v) is 2.26. The second kappa shape index (κ2) is 4.42. The van der Waals surface area contributed by atoms with E-state index in [4.69, 9.17) is 16.7 Å². The first kappa shape index (κ1) is 10.1. The molecule has 0 aliphatic heterocycles. The third-order valence-electron chi connectivity index (χ3n) is 2.03. The number of halogens is 1. The molecule has 0 fully saturated rings. The Bertz CT molecular complexity index is 475. The molecule has 0 atom stereocenters. The molecule has 0 aliphatic carbocycles. The molecule has 0 aliphatic rings. The number of nitrogens with zero attached hydrogens (tertiary/aromatic N) is 2. The molecule has 0 saturated carbocycles. The highest BCUT2D eigenvalue weighted by Gasteiger charge is 2.02. The summed E-state index contributed by atoms with van der Waals surface area (Å²) >= 11 is 5.90. The van der Waals surface area contributed by atoms with Crippen LogP contribution in [0.3, 0.4) is 0 Å². The number of aliphatic hydroxyl groups excluding tert-OH is 1. The Morgan fingerprint density at radius 3 is 3.07 bits per heavy atom. The van der Waals surface area contributed by atoms with Crippen LogP contribution in [0.2, 0.25) is 5.02 Å². The molecular formula is C10H10ClN3O. The van der Waals surface area contributed by atoms with Gasteiger partial charge in [0.15, 0.2) is 0 Å². The van der Waals surface area contributed by atoms with Gasteiger partial charge in [-0.05, 0) is 18.2 Å².